The van der Waals surface area contributed by atoms with Gasteiger partial charge in [-0.1, -0.05) is 66.7 Å². The van der Waals surface area contributed by atoms with Gasteiger partial charge in [-0.05, 0) is 65.4 Å². The Bertz CT molecular complexity index is 1280. The molecular formula is C32H30O4. The summed E-state index contributed by atoms with van der Waals surface area (Å²) in [6, 6.07) is 30.3. The fraction of sp³-hybridized carbons (Fsp3) is 0.156. The van der Waals surface area contributed by atoms with Crippen molar-refractivity contribution < 1.29 is 19.0 Å². The van der Waals surface area contributed by atoms with E-state index in [1.165, 1.54) is 11.1 Å². The second-order valence-corrected chi connectivity index (χ2v) is 8.51. The van der Waals surface area contributed by atoms with E-state index in [-0.39, 0.29) is 5.78 Å². The second-order valence-electron chi connectivity index (χ2n) is 8.51. The molecule has 0 radical (unpaired) electrons. The van der Waals surface area contributed by atoms with Gasteiger partial charge in [0.15, 0.2) is 17.3 Å². The van der Waals surface area contributed by atoms with E-state index in [4.69, 9.17) is 14.2 Å². The Morgan fingerprint density at radius 3 is 1.61 bits per heavy atom. The minimum absolute atomic E-state index is 0.0731. The molecule has 4 aromatic rings. The van der Waals surface area contributed by atoms with Crippen LogP contribution in [0, 0.1) is 0 Å². The third-order valence-electron chi connectivity index (χ3n) is 5.99. The van der Waals surface area contributed by atoms with Crippen LogP contribution in [0.4, 0.5) is 0 Å². The van der Waals surface area contributed by atoms with Gasteiger partial charge < -0.3 is 14.2 Å². The Hall–Kier alpha value is -4.31. The Morgan fingerprint density at radius 2 is 1.11 bits per heavy atom. The van der Waals surface area contributed by atoms with Gasteiger partial charge in [0.2, 0.25) is 0 Å². The molecule has 0 fully saturated rings. The molecule has 0 aromatic heterocycles. The van der Waals surface area contributed by atoms with Gasteiger partial charge in [0.25, 0.3) is 0 Å². The number of ketones is 1. The van der Waals surface area contributed by atoms with Crippen molar-refractivity contribution in [3.63, 3.8) is 0 Å². The summed E-state index contributed by atoms with van der Waals surface area (Å²) in [5.74, 6) is 1.66. The summed E-state index contributed by atoms with van der Waals surface area (Å²) in [7, 11) is 4.74. The number of carbonyl (C=O) groups excluding carboxylic acids is 1. The van der Waals surface area contributed by atoms with Crippen LogP contribution >= 0.6 is 0 Å². The van der Waals surface area contributed by atoms with Gasteiger partial charge in [-0.2, -0.15) is 0 Å². The first kappa shape index (κ1) is 24.8. The molecule has 4 heteroatoms. The average Bonchev–Trinajstić information content (AvgIpc) is 2.92. The van der Waals surface area contributed by atoms with Crippen LogP contribution in [0.2, 0.25) is 0 Å². The van der Waals surface area contributed by atoms with Gasteiger partial charge >= 0.3 is 0 Å². The van der Waals surface area contributed by atoms with Gasteiger partial charge in [-0.3, -0.25) is 4.79 Å². The van der Waals surface area contributed by atoms with E-state index < -0.39 is 0 Å². The predicted octanol–water partition coefficient (Wildman–Crippen LogP) is 6.79. The number of rotatable bonds is 10. The molecule has 0 aliphatic heterocycles. The molecule has 0 atom stereocenters. The fourth-order valence-corrected chi connectivity index (χ4v) is 4.22. The third-order valence-corrected chi connectivity index (χ3v) is 5.99. The quantitative estimate of drug-likeness (QED) is 0.186. The molecule has 0 saturated heterocycles. The Morgan fingerprint density at radius 1 is 0.611 bits per heavy atom. The monoisotopic (exact) mass is 478 g/mol. The summed E-state index contributed by atoms with van der Waals surface area (Å²) in [4.78, 5) is 13.3. The molecule has 0 heterocycles. The van der Waals surface area contributed by atoms with E-state index >= 15 is 0 Å². The van der Waals surface area contributed by atoms with Gasteiger partial charge in [0.05, 0.1) is 21.3 Å². The summed E-state index contributed by atoms with van der Waals surface area (Å²) in [6.07, 6.45) is 4.86. The van der Waals surface area contributed by atoms with Crippen LogP contribution in [-0.4, -0.2) is 27.1 Å². The highest BCUT2D eigenvalue weighted by Gasteiger charge is 2.12. The zero-order valence-electron chi connectivity index (χ0n) is 20.9. The van der Waals surface area contributed by atoms with Crippen molar-refractivity contribution in [2.75, 3.05) is 21.3 Å². The maximum atomic E-state index is 13.3. The topological polar surface area (TPSA) is 44.8 Å². The van der Waals surface area contributed by atoms with Gasteiger partial charge in [-0.25, -0.2) is 0 Å². The van der Waals surface area contributed by atoms with E-state index in [0.717, 1.165) is 29.5 Å². The second kappa shape index (κ2) is 11.9. The van der Waals surface area contributed by atoms with Crippen molar-refractivity contribution >= 4 is 11.9 Å². The lowest BCUT2D eigenvalue weighted by Gasteiger charge is -2.12. The number of hydrogen-bond donors (Lipinski definition) is 0. The van der Waals surface area contributed by atoms with Crippen molar-refractivity contribution in [3.8, 4) is 17.2 Å². The summed E-state index contributed by atoms with van der Waals surface area (Å²) in [5, 5.41) is 0. The summed E-state index contributed by atoms with van der Waals surface area (Å²) >= 11 is 0. The van der Waals surface area contributed by atoms with E-state index in [1.807, 2.05) is 48.5 Å². The summed E-state index contributed by atoms with van der Waals surface area (Å²) in [6.45, 7) is 0. The van der Waals surface area contributed by atoms with E-state index in [2.05, 4.69) is 30.3 Å². The number of ether oxygens (including phenoxy) is 3. The first-order chi connectivity index (χ1) is 17.6. The zero-order chi connectivity index (χ0) is 25.3. The highest BCUT2D eigenvalue weighted by molar-refractivity contribution is 6.07. The number of benzene rings is 4. The van der Waals surface area contributed by atoms with Crippen LogP contribution < -0.4 is 14.2 Å². The van der Waals surface area contributed by atoms with Crippen LogP contribution in [0.15, 0.2) is 97.1 Å². The van der Waals surface area contributed by atoms with E-state index in [1.54, 1.807) is 45.6 Å². The predicted molar refractivity (Wildman–Crippen MR) is 144 cm³/mol. The first-order valence-electron chi connectivity index (χ1n) is 11.8. The van der Waals surface area contributed by atoms with Gasteiger partial charge in [0.1, 0.15) is 5.75 Å². The lowest BCUT2D eigenvalue weighted by molar-refractivity contribution is 0.104. The van der Waals surface area contributed by atoms with E-state index in [0.29, 0.717) is 22.8 Å². The lowest BCUT2D eigenvalue weighted by atomic mass is 9.95. The maximum Gasteiger partial charge on any atom is 0.185 e. The van der Waals surface area contributed by atoms with Crippen molar-refractivity contribution in [1.82, 2.24) is 0 Å². The molecule has 4 nitrogen and oxygen atoms in total. The molecule has 0 bridgehead atoms. The molecule has 0 saturated carbocycles. The van der Waals surface area contributed by atoms with Crippen molar-refractivity contribution in [1.29, 1.82) is 0 Å². The average molecular weight is 479 g/mol. The third kappa shape index (κ3) is 6.22. The van der Waals surface area contributed by atoms with Crippen LogP contribution in [-0.2, 0) is 12.8 Å². The van der Waals surface area contributed by atoms with Crippen LogP contribution in [0.5, 0.6) is 17.2 Å². The largest absolute Gasteiger partial charge is 0.496 e. The number of methoxy groups -OCH3 is 3. The zero-order valence-corrected chi connectivity index (χ0v) is 20.9. The van der Waals surface area contributed by atoms with Crippen molar-refractivity contribution in [2.24, 2.45) is 0 Å². The fourth-order valence-electron chi connectivity index (χ4n) is 4.22. The Kier molecular flexibility index (Phi) is 8.20. The smallest absolute Gasteiger partial charge is 0.185 e. The molecule has 0 aliphatic carbocycles. The number of carbonyl (C=O) groups is 1. The van der Waals surface area contributed by atoms with Crippen LogP contribution in [0.3, 0.4) is 0 Å². The van der Waals surface area contributed by atoms with Crippen LogP contribution in [0.25, 0.3) is 6.08 Å². The standard InChI is InChI=1S/C32H30O4/c1-34-30-22-32(36-3)31(35-2)21-27(30)14-15-29(33)28-19-25(16-23-10-6-4-7-11-23)18-26(20-28)17-24-12-8-5-9-13-24/h4-15,18-22H,16-17H2,1-3H3/b15-14+. The van der Waals surface area contributed by atoms with E-state index in [9.17, 15) is 4.79 Å². The number of allylic oxidation sites excluding steroid dienone is 1. The van der Waals surface area contributed by atoms with Crippen molar-refractivity contribution in [3.05, 3.63) is 130 Å². The van der Waals surface area contributed by atoms with Crippen molar-refractivity contribution in [2.45, 2.75) is 12.8 Å². The molecule has 4 aromatic carbocycles. The highest BCUT2D eigenvalue weighted by atomic mass is 16.5. The minimum atomic E-state index is -0.0731. The summed E-state index contributed by atoms with van der Waals surface area (Å²) < 4.78 is 16.3. The molecule has 0 aliphatic rings. The first-order valence-corrected chi connectivity index (χ1v) is 11.8. The molecule has 0 unspecified atom stereocenters. The molecule has 36 heavy (non-hydrogen) atoms. The normalized spacial score (nSPS) is 10.9. The highest BCUT2D eigenvalue weighted by Crippen LogP contribution is 2.35. The Labute approximate surface area is 212 Å². The molecule has 0 N–H and O–H groups in total. The van der Waals surface area contributed by atoms with Gasteiger partial charge in [-0.15, -0.1) is 0 Å². The van der Waals surface area contributed by atoms with Gasteiger partial charge in [0, 0.05) is 17.2 Å². The molecular weight excluding hydrogens is 448 g/mol. The van der Waals surface area contributed by atoms with Crippen LogP contribution in [0.1, 0.15) is 38.2 Å². The molecule has 4 rings (SSSR count). The molecule has 182 valence electrons. The minimum Gasteiger partial charge on any atom is -0.496 e. The molecule has 0 spiro atoms. The molecule has 0 amide bonds. The SMILES string of the molecule is COc1cc(OC)c(OC)cc1/C=C/C(=O)c1cc(Cc2ccccc2)cc(Cc2ccccc2)c1. The summed E-state index contributed by atoms with van der Waals surface area (Å²) in [5.41, 5.74) is 6.01. The maximum absolute atomic E-state index is 13.3. The number of hydrogen-bond acceptors (Lipinski definition) is 4. The lowest BCUT2D eigenvalue weighted by Crippen LogP contribution is -2.01. The Balaban J connectivity index is 1.66.